The maximum absolute atomic E-state index is 12.6. The maximum atomic E-state index is 12.6. The van der Waals surface area contributed by atoms with E-state index >= 15 is 0 Å². The number of sulfone groups is 1. The molecule has 2 aliphatic rings. The first-order valence-electron chi connectivity index (χ1n) is 6.91. The highest BCUT2D eigenvalue weighted by Crippen LogP contribution is 2.32. The Balaban J connectivity index is 2.02. The molecule has 23 heavy (non-hydrogen) atoms. The third-order valence-corrected chi connectivity index (χ3v) is 4.96. The van der Waals surface area contributed by atoms with E-state index in [1.807, 2.05) is 18.2 Å². The molecule has 0 aromatic carbocycles. The van der Waals surface area contributed by atoms with Crippen LogP contribution in [0.15, 0.2) is 35.3 Å². The molecule has 1 aromatic heterocycles. The zero-order valence-electron chi connectivity index (χ0n) is 12.6. The Morgan fingerprint density at radius 2 is 2.13 bits per heavy atom. The Labute approximate surface area is 139 Å². The molecule has 0 fully saturated rings. The van der Waals surface area contributed by atoms with Crippen LogP contribution < -0.4 is 4.90 Å². The number of urea groups is 1. The topological polar surface area (TPSA) is 83.5 Å². The van der Waals surface area contributed by atoms with Gasteiger partial charge in [0.05, 0.1) is 11.9 Å². The lowest BCUT2D eigenvalue weighted by molar-refractivity contribution is 0.212. The van der Waals surface area contributed by atoms with Crippen molar-refractivity contribution >= 4 is 33.3 Å². The number of carbonyl (C=O) groups excluding carboxylic acids is 1. The summed E-state index contributed by atoms with van der Waals surface area (Å²) in [7, 11) is -1.98. The summed E-state index contributed by atoms with van der Waals surface area (Å²) in [6.07, 6.45) is 8.73. The summed E-state index contributed by atoms with van der Waals surface area (Å²) in [6.45, 7) is 0.255. The fraction of sp³-hybridized carbons (Fsp3) is 0.357. The number of halogens is 1. The number of allylic oxidation sites excluding steroid dienone is 4. The molecule has 2 amide bonds. The fourth-order valence-corrected chi connectivity index (χ4v) is 3.31. The van der Waals surface area contributed by atoms with E-state index in [4.69, 9.17) is 11.6 Å². The van der Waals surface area contributed by atoms with Crippen LogP contribution in [0.4, 0.5) is 10.6 Å². The van der Waals surface area contributed by atoms with Crippen molar-refractivity contribution in [2.45, 2.75) is 23.5 Å². The molecule has 1 aliphatic heterocycles. The zero-order chi connectivity index (χ0) is 16.8. The van der Waals surface area contributed by atoms with Gasteiger partial charge >= 0.3 is 6.03 Å². The molecule has 122 valence electrons. The van der Waals surface area contributed by atoms with Gasteiger partial charge < -0.3 is 0 Å². The first-order valence-corrected chi connectivity index (χ1v) is 9.24. The molecule has 0 saturated carbocycles. The van der Waals surface area contributed by atoms with Crippen molar-refractivity contribution in [1.82, 2.24) is 14.9 Å². The highest BCUT2D eigenvalue weighted by molar-refractivity contribution is 7.90. The molecule has 1 atom stereocenters. The Hall–Kier alpha value is -1.93. The van der Waals surface area contributed by atoms with Crippen molar-refractivity contribution in [3.8, 4) is 0 Å². The third-order valence-electron chi connectivity index (χ3n) is 3.69. The van der Waals surface area contributed by atoms with E-state index < -0.39 is 9.84 Å². The first-order chi connectivity index (χ1) is 10.8. The van der Waals surface area contributed by atoms with E-state index in [9.17, 15) is 13.2 Å². The van der Waals surface area contributed by atoms with Crippen LogP contribution in [0.2, 0.25) is 0 Å². The minimum atomic E-state index is -3.54. The minimum absolute atomic E-state index is 0.255. The van der Waals surface area contributed by atoms with Crippen LogP contribution in [0.25, 0.3) is 0 Å². The molecule has 9 heteroatoms. The molecule has 0 N–H and O–H groups in total. The number of amides is 2. The summed E-state index contributed by atoms with van der Waals surface area (Å²) in [5.74, 6) is 0.305. The summed E-state index contributed by atoms with van der Waals surface area (Å²) in [5.41, 5.74) is 1.38. The molecule has 1 unspecified atom stereocenters. The van der Waals surface area contributed by atoms with Gasteiger partial charge in [-0.15, -0.1) is 11.6 Å². The van der Waals surface area contributed by atoms with Crippen molar-refractivity contribution in [3.05, 3.63) is 35.7 Å². The Bertz CT molecular complexity index is 834. The molecule has 3 rings (SSSR count). The number of anilines is 1. The van der Waals surface area contributed by atoms with Gasteiger partial charge in [-0.1, -0.05) is 12.2 Å². The van der Waals surface area contributed by atoms with E-state index in [-0.39, 0.29) is 23.1 Å². The van der Waals surface area contributed by atoms with E-state index in [0.29, 0.717) is 23.5 Å². The van der Waals surface area contributed by atoms with Gasteiger partial charge in [-0.05, 0) is 12.5 Å². The Kier molecular flexibility index (Phi) is 3.89. The van der Waals surface area contributed by atoms with Gasteiger partial charge in [0.25, 0.3) is 0 Å². The van der Waals surface area contributed by atoms with Crippen LogP contribution in [-0.4, -0.2) is 48.0 Å². The van der Waals surface area contributed by atoms with Crippen LogP contribution >= 0.6 is 11.6 Å². The van der Waals surface area contributed by atoms with Gasteiger partial charge in [-0.3, -0.25) is 9.80 Å². The van der Waals surface area contributed by atoms with Crippen LogP contribution in [0, 0.1) is 0 Å². The van der Waals surface area contributed by atoms with Crippen LogP contribution in [0.3, 0.4) is 0 Å². The SMILES string of the molecule is CN1C(=O)N(C2=CC=CCC2Cl)Cc2cnc(S(C)(=O)=O)nc21. The van der Waals surface area contributed by atoms with E-state index in [0.717, 1.165) is 6.26 Å². The lowest BCUT2D eigenvalue weighted by Crippen LogP contribution is -2.46. The van der Waals surface area contributed by atoms with Gasteiger partial charge in [-0.2, -0.15) is 0 Å². The number of nitrogens with zero attached hydrogens (tertiary/aromatic N) is 4. The summed E-state index contributed by atoms with van der Waals surface area (Å²) in [4.78, 5) is 23.4. The van der Waals surface area contributed by atoms with Gasteiger partial charge in [-0.25, -0.2) is 23.2 Å². The number of aromatic nitrogens is 2. The summed E-state index contributed by atoms with van der Waals surface area (Å²) < 4.78 is 23.2. The predicted octanol–water partition coefficient (Wildman–Crippen LogP) is 1.70. The van der Waals surface area contributed by atoms with Crippen LogP contribution in [-0.2, 0) is 16.4 Å². The van der Waals surface area contributed by atoms with Crippen molar-refractivity contribution in [2.75, 3.05) is 18.2 Å². The number of rotatable bonds is 2. The maximum Gasteiger partial charge on any atom is 0.329 e. The third kappa shape index (κ3) is 2.84. The minimum Gasteiger partial charge on any atom is -0.292 e. The smallest absolute Gasteiger partial charge is 0.292 e. The van der Waals surface area contributed by atoms with Crippen molar-refractivity contribution in [1.29, 1.82) is 0 Å². The van der Waals surface area contributed by atoms with Gasteiger partial charge in [0.15, 0.2) is 0 Å². The molecule has 0 saturated heterocycles. The van der Waals surface area contributed by atoms with E-state index in [2.05, 4.69) is 9.97 Å². The highest BCUT2D eigenvalue weighted by atomic mass is 35.5. The molecule has 0 radical (unpaired) electrons. The average molecular weight is 355 g/mol. The normalized spacial score (nSPS) is 21.3. The molecule has 1 aliphatic carbocycles. The number of hydrogen-bond donors (Lipinski definition) is 0. The quantitative estimate of drug-likeness (QED) is 0.596. The van der Waals surface area contributed by atoms with Crippen LogP contribution in [0.1, 0.15) is 12.0 Å². The first kappa shape index (κ1) is 15.9. The number of carbonyl (C=O) groups is 1. The molecule has 1 aromatic rings. The van der Waals surface area contributed by atoms with Crippen molar-refractivity contribution in [2.24, 2.45) is 0 Å². The number of hydrogen-bond acceptors (Lipinski definition) is 5. The summed E-state index contributed by atoms with van der Waals surface area (Å²) >= 11 is 6.30. The molecular formula is C14H15ClN4O3S. The van der Waals surface area contributed by atoms with Crippen molar-refractivity contribution < 1.29 is 13.2 Å². The lowest BCUT2D eigenvalue weighted by atomic mass is 10.1. The second-order valence-corrected chi connectivity index (χ2v) is 7.86. The van der Waals surface area contributed by atoms with E-state index in [1.165, 1.54) is 11.1 Å². The Morgan fingerprint density at radius 1 is 1.39 bits per heavy atom. The molecule has 0 bridgehead atoms. The predicted molar refractivity (Wildman–Crippen MR) is 86.0 cm³/mol. The number of fused-ring (bicyclic) bond motifs is 1. The largest absolute Gasteiger partial charge is 0.329 e. The highest BCUT2D eigenvalue weighted by Gasteiger charge is 2.34. The molecule has 7 nitrogen and oxygen atoms in total. The summed E-state index contributed by atoms with van der Waals surface area (Å²) in [6, 6.07) is -0.303. The second kappa shape index (κ2) is 5.61. The van der Waals surface area contributed by atoms with Gasteiger partial charge in [0.1, 0.15) is 5.82 Å². The molecule has 0 spiro atoms. The summed E-state index contributed by atoms with van der Waals surface area (Å²) in [5, 5.41) is -0.575. The Morgan fingerprint density at radius 3 is 2.78 bits per heavy atom. The molecular weight excluding hydrogens is 340 g/mol. The second-order valence-electron chi connectivity index (χ2n) is 5.42. The van der Waals surface area contributed by atoms with Gasteiger partial charge in [0.2, 0.25) is 15.0 Å². The standard InChI is InChI=1S/C14H15ClN4O3S/c1-18-12-9(7-16-13(17-12)23(2,21)22)8-19(14(18)20)11-6-4-3-5-10(11)15/h3-4,6-7,10H,5,8H2,1-2H3. The monoisotopic (exact) mass is 354 g/mol. The lowest BCUT2D eigenvalue weighted by Gasteiger charge is -2.36. The van der Waals surface area contributed by atoms with E-state index in [1.54, 1.807) is 11.9 Å². The fourth-order valence-electron chi connectivity index (χ4n) is 2.52. The zero-order valence-corrected chi connectivity index (χ0v) is 14.2. The van der Waals surface area contributed by atoms with Crippen molar-refractivity contribution in [3.63, 3.8) is 0 Å². The molecule has 2 heterocycles. The van der Waals surface area contributed by atoms with Gasteiger partial charge in [0, 0.05) is 30.8 Å². The van der Waals surface area contributed by atoms with Crippen LogP contribution in [0.5, 0.6) is 0 Å². The number of alkyl halides is 1. The average Bonchev–Trinajstić information content (AvgIpc) is 2.50.